The molecule has 1 atom stereocenters. The van der Waals surface area contributed by atoms with E-state index in [0.29, 0.717) is 17.1 Å². The number of anilines is 1. The van der Waals surface area contributed by atoms with Crippen molar-refractivity contribution >= 4 is 13.3 Å². The molecule has 3 aromatic rings. The quantitative estimate of drug-likeness (QED) is 0.586. The van der Waals surface area contributed by atoms with Gasteiger partial charge in [-0.2, -0.15) is 0 Å². The number of benzene rings is 2. The normalized spacial score (nSPS) is 12.6. The number of methoxy groups -OCH3 is 1. The van der Waals surface area contributed by atoms with Gasteiger partial charge in [-0.25, -0.2) is 4.68 Å². The Balaban J connectivity index is 1.95. The first-order valence-electron chi connectivity index (χ1n) is 8.19. The average Bonchev–Trinajstić information content (AvgIpc) is 3.22. The van der Waals surface area contributed by atoms with Crippen LogP contribution in [0.1, 0.15) is 11.5 Å². The highest BCUT2D eigenvalue weighted by atomic mass is 31.2. The molecule has 3 rings (SSSR count). The van der Waals surface area contributed by atoms with Crippen molar-refractivity contribution in [2.24, 2.45) is 0 Å². The lowest BCUT2D eigenvalue weighted by Gasteiger charge is -2.24. The van der Waals surface area contributed by atoms with Gasteiger partial charge >= 0.3 is 7.60 Å². The van der Waals surface area contributed by atoms with Crippen LogP contribution in [-0.4, -0.2) is 36.3 Å². The summed E-state index contributed by atoms with van der Waals surface area (Å²) in [6.45, 7) is 0. The minimum atomic E-state index is -3.53. The van der Waals surface area contributed by atoms with Crippen LogP contribution in [0.25, 0.3) is 5.69 Å². The van der Waals surface area contributed by atoms with Crippen LogP contribution in [0.2, 0.25) is 0 Å². The van der Waals surface area contributed by atoms with Crippen LogP contribution in [-0.2, 0) is 13.6 Å². The maximum absolute atomic E-state index is 13.1. The Bertz CT molecular complexity index is 907. The second-order valence-corrected chi connectivity index (χ2v) is 7.93. The van der Waals surface area contributed by atoms with Gasteiger partial charge in [0.25, 0.3) is 0 Å². The number of ether oxygens (including phenoxy) is 1. The molecule has 142 valence electrons. The molecule has 1 heterocycles. The number of nitrogens with zero attached hydrogens (tertiary/aromatic N) is 3. The highest BCUT2D eigenvalue weighted by Crippen LogP contribution is 2.59. The Hall–Kier alpha value is -2.67. The summed E-state index contributed by atoms with van der Waals surface area (Å²) in [5.41, 5.74) is 1.98. The summed E-state index contributed by atoms with van der Waals surface area (Å²) in [4.78, 5) is 0. The fourth-order valence-electron chi connectivity index (χ4n) is 2.55. The summed E-state index contributed by atoms with van der Waals surface area (Å²) in [5.74, 6) is -0.118. The van der Waals surface area contributed by atoms with E-state index >= 15 is 0 Å². The van der Waals surface area contributed by atoms with Gasteiger partial charge in [0.2, 0.25) is 0 Å². The van der Waals surface area contributed by atoms with E-state index in [9.17, 15) is 4.57 Å². The molecule has 0 aliphatic carbocycles. The summed E-state index contributed by atoms with van der Waals surface area (Å²) in [7, 11) is 0.744. The average molecular weight is 388 g/mol. The summed E-state index contributed by atoms with van der Waals surface area (Å²) in [6, 6.07) is 16.7. The van der Waals surface area contributed by atoms with Gasteiger partial charge in [-0.15, -0.1) is 5.10 Å². The first-order valence-corrected chi connectivity index (χ1v) is 9.80. The van der Waals surface area contributed by atoms with Crippen LogP contribution in [0.4, 0.5) is 5.69 Å². The number of rotatable bonds is 8. The zero-order valence-electron chi connectivity index (χ0n) is 15.3. The molecule has 1 unspecified atom stereocenters. The monoisotopic (exact) mass is 388 g/mol. The molecule has 0 radical (unpaired) electrons. The molecule has 27 heavy (non-hydrogen) atoms. The lowest BCUT2D eigenvalue weighted by molar-refractivity contribution is 0.268. The Kier molecular flexibility index (Phi) is 5.91. The molecule has 9 heteroatoms. The van der Waals surface area contributed by atoms with Gasteiger partial charge in [0.1, 0.15) is 11.4 Å². The van der Waals surface area contributed by atoms with Crippen LogP contribution < -0.4 is 10.1 Å². The number of hydrogen-bond acceptors (Lipinski definition) is 7. The molecular formula is C18H21N4O4P. The van der Waals surface area contributed by atoms with E-state index in [1.54, 1.807) is 30.1 Å². The highest BCUT2D eigenvalue weighted by Gasteiger charge is 2.38. The van der Waals surface area contributed by atoms with Gasteiger partial charge in [-0.1, -0.05) is 23.4 Å². The molecule has 0 bridgehead atoms. The van der Waals surface area contributed by atoms with Gasteiger partial charge in [-0.05, 0) is 36.4 Å². The molecule has 0 amide bonds. The summed E-state index contributed by atoms with van der Waals surface area (Å²) >= 11 is 0. The largest absolute Gasteiger partial charge is 0.497 e. The van der Waals surface area contributed by atoms with Crippen LogP contribution >= 0.6 is 7.60 Å². The lowest BCUT2D eigenvalue weighted by atomic mass is 10.3. The third-order valence-corrected chi connectivity index (χ3v) is 6.07. The number of hydrogen-bond donors (Lipinski definition) is 1. The Morgan fingerprint density at radius 3 is 2.26 bits per heavy atom. The van der Waals surface area contributed by atoms with Crippen molar-refractivity contribution in [1.82, 2.24) is 15.0 Å². The molecule has 0 saturated heterocycles. The maximum Gasteiger partial charge on any atom is 0.358 e. The van der Waals surface area contributed by atoms with E-state index < -0.39 is 13.4 Å². The van der Waals surface area contributed by atoms with E-state index in [2.05, 4.69) is 15.6 Å². The molecule has 2 aromatic carbocycles. The van der Waals surface area contributed by atoms with Crippen molar-refractivity contribution in [1.29, 1.82) is 0 Å². The molecular weight excluding hydrogens is 367 g/mol. The van der Waals surface area contributed by atoms with Crippen LogP contribution in [0.3, 0.4) is 0 Å². The molecule has 0 saturated carbocycles. The molecule has 0 aliphatic heterocycles. The highest BCUT2D eigenvalue weighted by molar-refractivity contribution is 7.54. The zero-order chi connectivity index (χ0) is 19.3. The van der Waals surface area contributed by atoms with Crippen molar-refractivity contribution in [3.8, 4) is 11.4 Å². The molecule has 1 N–H and O–H groups in total. The van der Waals surface area contributed by atoms with Gasteiger partial charge in [0.05, 0.1) is 19.0 Å². The molecule has 0 fully saturated rings. The van der Waals surface area contributed by atoms with Crippen LogP contribution in [0, 0.1) is 0 Å². The maximum atomic E-state index is 13.1. The minimum Gasteiger partial charge on any atom is -0.497 e. The Labute approximate surface area is 157 Å². The fraction of sp³-hybridized carbons (Fsp3) is 0.222. The summed E-state index contributed by atoms with van der Waals surface area (Å²) in [6.07, 6.45) is 1.70. The van der Waals surface area contributed by atoms with Crippen molar-refractivity contribution in [3.63, 3.8) is 0 Å². The van der Waals surface area contributed by atoms with Crippen molar-refractivity contribution in [3.05, 3.63) is 66.5 Å². The molecule has 0 spiro atoms. The third-order valence-electron chi connectivity index (χ3n) is 4.03. The van der Waals surface area contributed by atoms with E-state index in [1.807, 2.05) is 42.5 Å². The van der Waals surface area contributed by atoms with Crippen LogP contribution in [0.5, 0.6) is 5.75 Å². The number of aromatic nitrogens is 3. The second-order valence-electron chi connectivity index (χ2n) is 5.60. The van der Waals surface area contributed by atoms with Gasteiger partial charge in [-0.3, -0.25) is 4.57 Å². The summed E-state index contributed by atoms with van der Waals surface area (Å²) < 4.78 is 30.3. The second kappa shape index (κ2) is 8.35. The van der Waals surface area contributed by atoms with E-state index in [-0.39, 0.29) is 0 Å². The topological polar surface area (TPSA) is 87.5 Å². The lowest BCUT2D eigenvalue weighted by Crippen LogP contribution is -2.14. The third kappa shape index (κ3) is 4.19. The van der Waals surface area contributed by atoms with Gasteiger partial charge in [0, 0.05) is 19.9 Å². The van der Waals surface area contributed by atoms with Crippen molar-refractivity contribution in [2.45, 2.75) is 5.78 Å². The van der Waals surface area contributed by atoms with E-state index in [0.717, 1.165) is 5.69 Å². The fourth-order valence-corrected chi connectivity index (χ4v) is 3.87. The Morgan fingerprint density at radius 1 is 1.00 bits per heavy atom. The summed E-state index contributed by atoms with van der Waals surface area (Å²) in [5, 5.41) is 11.5. The number of nitrogens with one attached hydrogen (secondary N) is 1. The standard InChI is InChI=1S/C18H21N4O4P/c1-24-16-11-9-14(10-12-16)19-18(27(23,25-2)26-3)17-13-22(21-20-17)15-7-5-4-6-8-15/h4-13,18-19H,1-3H3. The Morgan fingerprint density at radius 2 is 1.67 bits per heavy atom. The zero-order valence-corrected chi connectivity index (χ0v) is 16.2. The first kappa shape index (κ1) is 19.1. The molecule has 1 aromatic heterocycles. The molecule has 8 nitrogen and oxygen atoms in total. The predicted octanol–water partition coefficient (Wildman–Crippen LogP) is 3.87. The van der Waals surface area contributed by atoms with E-state index in [4.69, 9.17) is 13.8 Å². The van der Waals surface area contributed by atoms with Gasteiger partial charge in [0.15, 0.2) is 5.78 Å². The predicted molar refractivity (Wildman–Crippen MR) is 102 cm³/mol. The number of para-hydroxylation sites is 1. The SMILES string of the molecule is COc1ccc(NC(c2cn(-c3ccccc3)nn2)P(=O)(OC)OC)cc1. The van der Waals surface area contributed by atoms with Crippen molar-refractivity contribution < 1.29 is 18.3 Å². The van der Waals surface area contributed by atoms with Crippen molar-refractivity contribution in [2.75, 3.05) is 26.6 Å². The van der Waals surface area contributed by atoms with Gasteiger partial charge < -0.3 is 19.1 Å². The van der Waals surface area contributed by atoms with E-state index in [1.165, 1.54) is 14.2 Å². The smallest absolute Gasteiger partial charge is 0.358 e. The first-order chi connectivity index (χ1) is 13.1. The minimum absolute atomic E-state index is 0.432. The van der Waals surface area contributed by atoms with Crippen LogP contribution in [0.15, 0.2) is 60.8 Å². The molecule has 0 aliphatic rings.